The highest BCUT2D eigenvalue weighted by Crippen LogP contribution is 2.20. The summed E-state index contributed by atoms with van der Waals surface area (Å²) in [5.74, 6) is 0.448. The van der Waals surface area contributed by atoms with Crippen LogP contribution >= 0.6 is 11.8 Å². The Hall–Kier alpha value is -0.760. The normalized spacial score (nSPS) is 14.8. The number of nitrogen functional groups attached to an aromatic ring is 1. The first kappa shape index (κ1) is 18.3. The largest absolute Gasteiger partial charge is 0.399 e. The van der Waals surface area contributed by atoms with E-state index in [0.717, 1.165) is 11.3 Å². The van der Waals surface area contributed by atoms with Crippen molar-refractivity contribution in [3.63, 3.8) is 0 Å². The van der Waals surface area contributed by atoms with Crippen LogP contribution < -0.4 is 10.5 Å². The lowest BCUT2D eigenvalue weighted by Gasteiger charge is -2.22. The molecule has 0 fully saturated rings. The monoisotopic (exact) mass is 332 g/mol. The summed E-state index contributed by atoms with van der Waals surface area (Å²) < 4.78 is 26.2. The number of aliphatic hydroxyl groups is 1. The van der Waals surface area contributed by atoms with E-state index in [1.807, 2.05) is 25.1 Å². The Morgan fingerprint density at radius 3 is 2.76 bits per heavy atom. The molecule has 1 aromatic carbocycles. The Kier molecular flexibility index (Phi) is 6.99. The van der Waals surface area contributed by atoms with Crippen LogP contribution in [0.5, 0.6) is 0 Å². The maximum Gasteiger partial charge on any atom is 0.212 e. The van der Waals surface area contributed by atoms with Crippen LogP contribution in [-0.4, -0.2) is 37.2 Å². The average Bonchev–Trinajstić information content (AvgIpc) is 2.37. The summed E-state index contributed by atoms with van der Waals surface area (Å²) in [5.41, 5.74) is 5.33. The van der Waals surface area contributed by atoms with E-state index in [-0.39, 0.29) is 12.3 Å². The number of benzene rings is 1. The molecule has 0 aliphatic carbocycles. The van der Waals surface area contributed by atoms with Gasteiger partial charge in [-0.1, -0.05) is 19.4 Å². The highest BCUT2D eigenvalue weighted by atomic mass is 32.2. The van der Waals surface area contributed by atoms with Gasteiger partial charge in [0.1, 0.15) is 0 Å². The summed E-state index contributed by atoms with van der Waals surface area (Å²) in [7, 11) is -3.38. The van der Waals surface area contributed by atoms with Gasteiger partial charge in [0.25, 0.3) is 0 Å². The summed E-state index contributed by atoms with van der Waals surface area (Å²) in [6.07, 6.45) is 1.37. The topological polar surface area (TPSA) is 92.4 Å². The first-order valence-corrected chi connectivity index (χ1v) is 9.56. The molecule has 0 aliphatic heterocycles. The fourth-order valence-electron chi connectivity index (χ4n) is 1.84. The van der Waals surface area contributed by atoms with E-state index in [9.17, 15) is 13.5 Å². The van der Waals surface area contributed by atoms with Crippen LogP contribution in [0.15, 0.2) is 29.2 Å². The third-order valence-corrected chi connectivity index (χ3v) is 5.52. The summed E-state index contributed by atoms with van der Waals surface area (Å²) in [6.45, 7) is 3.64. The summed E-state index contributed by atoms with van der Waals surface area (Å²) >= 11 is 1.44. The second kappa shape index (κ2) is 8.03. The van der Waals surface area contributed by atoms with Gasteiger partial charge in [0.05, 0.1) is 11.4 Å². The number of nitrogens with one attached hydrogen (secondary N) is 1. The molecular weight excluding hydrogens is 308 g/mol. The third-order valence-electron chi connectivity index (χ3n) is 2.94. The number of rotatable bonds is 9. The zero-order valence-corrected chi connectivity index (χ0v) is 14.1. The summed E-state index contributed by atoms with van der Waals surface area (Å²) in [4.78, 5) is 0.947. The molecule has 120 valence electrons. The molecular formula is C14H24N2O3S2. The molecule has 1 atom stereocenters. The van der Waals surface area contributed by atoms with Crippen molar-refractivity contribution in [2.75, 3.05) is 23.8 Å². The van der Waals surface area contributed by atoms with Crippen LogP contribution in [0.2, 0.25) is 0 Å². The van der Waals surface area contributed by atoms with Gasteiger partial charge in [-0.3, -0.25) is 0 Å². The molecule has 0 heterocycles. The van der Waals surface area contributed by atoms with E-state index in [4.69, 9.17) is 5.73 Å². The zero-order valence-electron chi connectivity index (χ0n) is 12.5. The SMILES string of the molecule is CCCC(C)(O)CNS(=O)(=O)CCSc1cccc(N)c1. The molecule has 21 heavy (non-hydrogen) atoms. The number of anilines is 1. The van der Waals surface area contributed by atoms with E-state index < -0.39 is 15.6 Å². The number of hydrogen-bond acceptors (Lipinski definition) is 5. The predicted molar refractivity (Wildman–Crippen MR) is 88.9 cm³/mol. The lowest BCUT2D eigenvalue weighted by molar-refractivity contribution is 0.0554. The van der Waals surface area contributed by atoms with E-state index in [1.54, 1.807) is 13.0 Å². The van der Waals surface area contributed by atoms with Crippen molar-refractivity contribution in [2.24, 2.45) is 0 Å². The molecule has 4 N–H and O–H groups in total. The lowest BCUT2D eigenvalue weighted by Crippen LogP contribution is -2.41. The number of hydrogen-bond donors (Lipinski definition) is 3. The minimum absolute atomic E-state index is 0.00860. The van der Waals surface area contributed by atoms with E-state index in [0.29, 0.717) is 17.9 Å². The Labute approximate surface area is 131 Å². The highest BCUT2D eigenvalue weighted by molar-refractivity contribution is 8.00. The second-order valence-electron chi connectivity index (χ2n) is 5.31. The molecule has 0 aliphatic rings. The van der Waals surface area contributed by atoms with Gasteiger partial charge in [-0.15, -0.1) is 11.8 Å². The number of nitrogens with two attached hydrogens (primary N) is 1. The molecule has 0 spiro atoms. The van der Waals surface area contributed by atoms with E-state index in [2.05, 4.69) is 4.72 Å². The second-order valence-corrected chi connectivity index (χ2v) is 8.40. The molecule has 1 rings (SSSR count). The van der Waals surface area contributed by atoms with E-state index >= 15 is 0 Å². The van der Waals surface area contributed by atoms with Crippen molar-refractivity contribution in [3.05, 3.63) is 24.3 Å². The maximum atomic E-state index is 11.9. The molecule has 0 aromatic heterocycles. The van der Waals surface area contributed by atoms with Gasteiger partial charge in [0.15, 0.2) is 0 Å². The van der Waals surface area contributed by atoms with Crippen LogP contribution in [0.4, 0.5) is 5.69 Å². The molecule has 0 saturated heterocycles. The number of thioether (sulfide) groups is 1. The van der Waals surface area contributed by atoms with Crippen molar-refractivity contribution in [2.45, 2.75) is 37.2 Å². The predicted octanol–water partition coefficient (Wildman–Crippen LogP) is 1.83. The minimum atomic E-state index is -3.38. The van der Waals surface area contributed by atoms with Gasteiger partial charge in [0, 0.05) is 22.9 Å². The maximum absolute atomic E-state index is 11.9. The van der Waals surface area contributed by atoms with Crippen molar-refractivity contribution in [1.29, 1.82) is 0 Å². The molecule has 5 nitrogen and oxygen atoms in total. The highest BCUT2D eigenvalue weighted by Gasteiger charge is 2.22. The van der Waals surface area contributed by atoms with Crippen molar-refractivity contribution in [3.8, 4) is 0 Å². The van der Waals surface area contributed by atoms with Crippen LogP contribution in [0, 0.1) is 0 Å². The Morgan fingerprint density at radius 2 is 2.14 bits per heavy atom. The van der Waals surface area contributed by atoms with E-state index in [1.165, 1.54) is 11.8 Å². The van der Waals surface area contributed by atoms with Crippen LogP contribution in [0.25, 0.3) is 0 Å². The van der Waals surface area contributed by atoms with Gasteiger partial charge in [-0.25, -0.2) is 13.1 Å². The van der Waals surface area contributed by atoms with Crippen molar-refractivity contribution in [1.82, 2.24) is 4.72 Å². The fourth-order valence-corrected chi connectivity index (χ4v) is 4.35. The molecule has 1 unspecified atom stereocenters. The van der Waals surface area contributed by atoms with Crippen LogP contribution in [0.1, 0.15) is 26.7 Å². The fraction of sp³-hybridized carbons (Fsp3) is 0.571. The molecule has 7 heteroatoms. The quantitative estimate of drug-likeness (QED) is 0.474. The minimum Gasteiger partial charge on any atom is -0.399 e. The van der Waals surface area contributed by atoms with Crippen LogP contribution in [0.3, 0.4) is 0 Å². The smallest absolute Gasteiger partial charge is 0.212 e. The first-order chi connectivity index (χ1) is 9.74. The zero-order chi connectivity index (χ0) is 15.9. The Balaban J connectivity index is 2.39. The number of sulfonamides is 1. The Bertz CT molecular complexity index is 545. The average molecular weight is 332 g/mol. The molecule has 0 amide bonds. The van der Waals surface area contributed by atoms with Gasteiger partial charge < -0.3 is 10.8 Å². The summed E-state index contributed by atoms with van der Waals surface area (Å²) in [6, 6.07) is 7.34. The first-order valence-electron chi connectivity index (χ1n) is 6.92. The van der Waals surface area contributed by atoms with Gasteiger partial charge in [-0.2, -0.15) is 0 Å². The molecule has 0 bridgehead atoms. The third kappa shape index (κ3) is 7.71. The molecule has 0 saturated carbocycles. The van der Waals surface area contributed by atoms with Gasteiger partial charge >= 0.3 is 0 Å². The van der Waals surface area contributed by atoms with Crippen LogP contribution in [-0.2, 0) is 10.0 Å². The molecule has 1 aromatic rings. The van der Waals surface area contributed by atoms with Gasteiger partial charge in [0.2, 0.25) is 10.0 Å². The van der Waals surface area contributed by atoms with Crippen molar-refractivity contribution >= 4 is 27.5 Å². The molecule has 0 radical (unpaired) electrons. The lowest BCUT2D eigenvalue weighted by atomic mass is 10.0. The Morgan fingerprint density at radius 1 is 1.43 bits per heavy atom. The summed E-state index contributed by atoms with van der Waals surface area (Å²) in [5, 5.41) is 9.97. The van der Waals surface area contributed by atoms with Gasteiger partial charge in [-0.05, 0) is 31.5 Å². The standard InChI is InChI=1S/C14H24N2O3S2/c1-3-7-14(2,17)11-16-21(18,19)9-8-20-13-6-4-5-12(15)10-13/h4-6,10,16-17H,3,7-9,11,15H2,1-2H3. The van der Waals surface area contributed by atoms with Crippen molar-refractivity contribution < 1.29 is 13.5 Å².